The Hall–Kier alpha value is -0.810. The van der Waals surface area contributed by atoms with E-state index in [0.717, 1.165) is 10.3 Å². The number of nitrogens with zero attached hydrogens (tertiary/aromatic N) is 1. The van der Waals surface area contributed by atoms with Crippen molar-refractivity contribution in [2.75, 3.05) is 5.75 Å². The van der Waals surface area contributed by atoms with E-state index in [2.05, 4.69) is 26.2 Å². The molecule has 1 aromatic carbocycles. The molecule has 16 heavy (non-hydrogen) atoms. The molecule has 1 aliphatic heterocycles. The van der Waals surface area contributed by atoms with E-state index >= 15 is 0 Å². The van der Waals surface area contributed by atoms with Gasteiger partial charge in [-0.25, -0.2) is 0 Å². The van der Waals surface area contributed by atoms with E-state index in [-0.39, 0.29) is 11.9 Å². The topological polar surface area (TPSA) is 41.5 Å². The number of benzene rings is 1. The predicted octanol–water partition coefficient (Wildman–Crippen LogP) is 2.46. The van der Waals surface area contributed by atoms with Crippen molar-refractivity contribution in [3.63, 3.8) is 0 Å². The van der Waals surface area contributed by atoms with Crippen LogP contribution in [-0.2, 0) is 4.79 Å². The van der Waals surface area contributed by atoms with Crippen molar-refractivity contribution in [2.45, 2.75) is 17.9 Å². The standard InChI is InChI=1S/C11H11BrN2OS/c1-7-11(15)14-10(13-7)6-16-9-4-2-8(12)3-5-9/h2-5,7H,6H2,1H3,(H,13,14,15). The van der Waals surface area contributed by atoms with Crippen LogP contribution < -0.4 is 5.32 Å². The Bertz CT molecular complexity index is 430. The SMILES string of the molecule is CC1N=C(CSc2ccc(Br)cc2)NC1=O. The van der Waals surface area contributed by atoms with Crippen LogP contribution in [0.25, 0.3) is 0 Å². The van der Waals surface area contributed by atoms with Crippen LogP contribution in [0.2, 0.25) is 0 Å². The van der Waals surface area contributed by atoms with Crippen LogP contribution in [0.1, 0.15) is 6.92 Å². The Balaban J connectivity index is 1.91. The van der Waals surface area contributed by atoms with Crippen molar-refractivity contribution in [2.24, 2.45) is 4.99 Å². The van der Waals surface area contributed by atoms with Gasteiger partial charge in [-0.3, -0.25) is 9.79 Å². The molecule has 0 aromatic heterocycles. The molecule has 0 saturated heterocycles. The fourth-order valence-corrected chi connectivity index (χ4v) is 2.37. The Labute approximate surface area is 107 Å². The van der Waals surface area contributed by atoms with E-state index in [0.29, 0.717) is 5.75 Å². The van der Waals surface area contributed by atoms with Crippen LogP contribution in [0.4, 0.5) is 0 Å². The number of nitrogens with one attached hydrogen (secondary N) is 1. The van der Waals surface area contributed by atoms with E-state index in [9.17, 15) is 4.79 Å². The molecule has 0 radical (unpaired) electrons. The average Bonchev–Trinajstić information content (AvgIpc) is 2.58. The highest BCUT2D eigenvalue weighted by molar-refractivity contribution is 9.10. The highest BCUT2D eigenvalue weighted by Gasteiger charge is 2.21. The molecule has 1 N–H and O–H groups in total. The van der Waals surface area contributed by atoms with Crippen LogP contribution in [0.15, 0.2) is 38.6 Å². The molecule has 0 saturated carbocycles. The summed E-state index contributed by atoms with van der Waals surface area (Å²) in [5, 5.41) is 2.77. The number of hydrogen-bond donors (Lipinski definition) is 1. The van der Waals surface area contributed by atoms with Gasteiger partial charge in [-0.1, -0.05) is 15.9 Å². The van der Waals surface area contributed by atoms with Crippen LogP contribution >= 0.6 is 27.7 Å². The van der Waals surface area contributed by atoms with Crippen molar-refractivity contribution < 1.29 is 4.79 Å². The van der Waals surface area contributed by atoms with Gasteiger partial charge in [0.15, 0.2) is 0 Å². The molecule has 1 atom stereocenters. The van der Waals surface area contributed by atoms with Gasteiger partial charge in [-0.05, 0) is 31.2 Å². The molecule has 0 fully saturated rings. The second-order valence-electron chi connectivity index (χ2n) is 3.48. The van der Waals surface area contributed by atoms with Crippen molar-refractivity contribution in [1.82, 2.24) is 5.32 Å². The zero-order valence-electron chi connectivity index (χ0n) is 8.74. The van der Waals surface area contributed by atoms with Crippen LogP contribution in [-0.4, -0.2) is 23.5 Å². The molecule has 5 heteroatoms. The van der Waals surface area contributed by atoms with Gasteiger partial charge in [0.25, 0.3) is 0 Å². The summed E-state index contributed by atoms with van der Waals surface area (Å²) in [4.78, 5) is 16.6. The first-order chi connectivity index (χ1) is 7.65. The summed E-state index contributed by atoms with van der Waals surface area (Å²) >= 11 is 5.05. The molecule has 0 spiro atoms. The molecule has 1 amide bonds. The van der Waals surface area contributed by atoms with Crippen LogP contribution in [0.3, 0.4) is 0 Å². The third kappa shape index (κ3) is 2.86. The fraction of sp³-hybridized carbons (Fsp3) is 0.273. The quantitative estimate of drug-likeness (QED) is 0.871. The summed E-state index contributed by atoms with van der Waals surface area (Å²) < 4.78 is 1.07. The van der Waals surface area contributed by atoms with Crippen molar-refractivity contribution in [3.8, 4) is 0 Å². The number of hydrogen-bond acceptors (Lipinski definition) is 3. The summed E-state index contributed by atoms with van der Waals surface area (Å²) in [5.74, 6) is 1.47. The van der Waals surface area contributed by atoms with Gasteiger partial charge in [0, 0.05) is 9.37 Å². The Morgan fingerprint density at radius 3 is 2.69 bits per heavy atom. The number of rotatable bonds is 3. The van der Waals surface area contributed by atoms with Gasteiger partial charge in [0.2, 0.25) is 5.91 Å². The van der Waals surface area contributed by atoms with E-state index < -0.39 is 0 Å². The van der Waals surface area contributed by atoms with Crippen molar-refractivity contribution in [3.05, 3.63) is 28.7 Å². The number of halogens is 1. The van der Waals surface area contributed by atoms with Crippen LogP contribution in [0, 0.1) is 0 Å². The highest BCUT2D eigenvalue weighted by atomic mass is 79.9. The third-order valence-corrected chi connectivity index (χ3v) is 3.74. The first-order valence-corrected chi connectivity index (χ1v) is 6.69. The molecule has 1 aromatic rings. The maximum atomic E-state index is 11.2. The van der Waals surface area contributed by atoms with E-state index in [1.807, 2.05) is 24.3 Å². The number of amides is 1. The van der Waals surface area contributed by atoms with E-state index in [4.69, 9.17) is 0 Å². The van der Waals surface area contributed by atoms with Gasteiger partial charge in [0.05, 0.1) is 5.75 Å². The Morgan fingerprint density at radius 1 is 1.44 bits per heavy atom. The number of thioether (sulfide) groups is 1. The monoisotopic (exact) mass is 298 g/mol. The summed E-state index contributed by atoms with van der Waals surface area (Å²) in [5.41, 5.74) is 0. The Kier molecular flexibility index (Phi) is 3.66. The lowest BCUT2D eigenvalue weighted by Crippen LogP contribution is -2.28. The number of carbonyl (C=O) groups excluding carboxylic acids is 1. The number of aliphatic imine (C=N–C) groups is 1. The minimum absolute atomic E-state index is 0.00796. The maximum Gasteiger partial charge on any atom is 0.249 e. The average molecular weight is 299 g/mol. The molecule has 1 heterocycles. The lowest BCUT2D eigenvalue weighted by molar-refractivity contribution is -0.119. The highest BCUT2D eigenvalue weighted by Crippen LogP contribution is 2.21. The van der Waals surface area contributed by atoms with Crippen molar-refractivity contribution in [1.29, 1.82) is 0 Å². The smallest absolute Gasteiger partial charge is 0.249 e. The normalized spacial score (nSPS) is 19.5. The maximum absolute atomic E-state index is 11.2. The Morgan fingerprint density at radius 2 is 2.12 bits per heavy atom. The largest absolute Gasteiger partial charge is 0.312 e. The zero-order chi connectivity index (χ0) is 11.5. The van der Waals surface area contributed by atoms with Gasteiger partial charge >= 0.3 is 0 Å². The predicted molar refractivity (Wildman–Crippen MR) is 69.9 cm³/mol. The molecule has 0 aliphatic carbocycles. The minimum Gasteiger partial charge on any atom is -0.312 e. The summed E-state index contributed by atoms with van der Waals surface area (Å²) in [6.07, 6.45) is 0. The van der Waals surface area contributed by atoms with Gasteiger partial charge < -0.3 is 5.32 Å². The molecule has 1 aliphatic rings. The van der Waals surface area contributed by atoms with Gasteiger partial charge in [-0.2, -0.15) is 0 Å². The zero-order valence-corrected chi connectivity index (χ0v) is 11.1. The molecular formula is C11H11BrN2OS. The molecule has 0 bridgehead atoms. The van der Waals surface area contributed by atoms with Crippen LogP contribution in [0.5, 0.6) is 0 Å². The van der Waals surface area contributed by atoms with E-state index in [1.54, 1.807) is 18.7 Å². The summed E-state index contributed by atoms with van der Waals surface area (Å²) in [6.45, 7) is 1.80. The minimum atomic E-state index is -0.236. The number of carbonyl (C=O) groups is 1. The fourth-order valence-electron chi connectivity index (χ4n) is 1.33. The summed E-state index contributed by atoms with van der Waals surface area (Å²) in [7, 11) is 0. The first kappa shape index (κ1) is 11.7. The molecule has 3 nitrogen and oxygen atoms in total. The van der Waals surface area contributed by atoms with Crippen molar-refractivity contribution >= 4 is 39.4 Å². The third-order valence-electron chi connectivity index (χ3n) is 2.19. The summed E-state index contributed by atoms with van der Waals surface area (Å²) in [6, 6.07) is 7.84. The van der Waals surface area contributed by atoms with Gasteiger partial charge in [-0.15, -0.1) is 11.8 Å². The lowest BCUT2D eigenvalue weighted by atomic mass is 10.4. The first-order valence-electron chi connectivity index (χ1n) is 4.91. The second kappa shape index (κ2) is 5.01. The number of amidine groups is 1. The molecule has 1 unspecified atom stereocenters. The second-order valence-corrected chi connectivity index (χ2v) is 5.45. The molecule has 84 valence electrons. The lowest BCUT2D eigenvalue weighted by Gasteiger charge is -2.01. The van der Waals surface area contributed by atoms with E-state index in [1.165, 1.54) is 4.90 Å². The van der Waals surface area contributed by atoms with Gasteiger partial charge in [0.1, 0.15) is 11.9 Å². The molecular weight excluding hydrogens is 288 g/mol. The molecule has 2 rings (SSSR count).